The van der Waals surface area contributed by atoms with Crippen LogP contribution in [0.1, 0.15) is 0 Å². The standard InChI is InChI=1S/C6H5N3O/c1-7-9-6-5(4-10-9)2-3-8-6/h2-4H,1H2. The van der Waals surface area contributed by atoms with Crippen molar-refractivity contribution in [2.24, 2.45) is 5.10 Å². The predicted octanol–water partition coefficient (Wildman–Crippen LogP) is 1.04. The van der Waals surface area contributed by atoms with Crippen molar-refractivity contribution in [2.75, 3.05) is 0 Å². The van der Waals surface area contributed by atoms with E-state index < -0.39 is 0 Å². The summed E-state index contributed by atoms with van der Waals surface area (Å²) < 4.78 is 4.93. The van der Waals surface area contributed by atoms with Gasteiger partial charge < -0.3 is 4.52 Å². The van der Waals surface area contributed by atoms with Crippen molar-refractivity contribution in [1.29, 1.82) is 0 Å². The highest BCUT2D eigenvalue weighted by atomic mass is 16.5. The van der Waals surface area contributed by atoms with Crippen molar-refractivity contribution < 1.29 is 4.52 Å². The maximum atomic E-state index is 4.93. The van der Waals surface area contributed by atoms with Gasteiger partial charge in [-0.25, -0.2) is 4.98 Å². The highest BCUT2D eigenvalue weighted by Crippen LogP contribution is 2.19. The van der Waals surface area contributed by atoms with E-state index in [2.05, 4.69) is 16.8 Å². The highest BCUT2D eigenvalue weighted by molar-refractivity contribution is 5.54. The van der Waals surface area contributed by atoms with E-state index in [9.17, 15) is 0 Å². The molecular weight excluding hydrogens is 130 g/mol. The minimum Gasteiger partial charge on any atom is -0.363 e. The van der Waals surface area contributed by atoms with Crippen LogP contribution < -0.4 is 0 Å². The average Bonchev–Trinajstić information content (AvgIpc) is 2.44. The zero-order valence-electron chi connectivity index (χ0n) is 5.19. The second-order valence-corrected chi connectivity index (χ2v) is 1.86. The van der Waals surface area contributed by atoms with E-state index in [4.69, 9.17) is 4.52 Å². The summed E-state index contributed by atoms with van der Waals surface area (Å²) in [6.45, 7) is 3.31. The molecule has 0 aromatic carbocycles. The molecule has 2 heterocycles. The molecule has 0 spiro atoms. The lowest BCUT2D eigenvalue weighted by Crippen LogP contribution is -1.85. The molecule has 0 radical (unpaired) electrons. The van der Waals surface area contributed by atoms with Gasteiger partial charge in [-0.15, -0.1) is 0 Å². The number of hydrogen-bond acceptors (Lipinski definition) is 3. The van der Waals surface area contributed by atoms with Gasteiger partial charge in [0.2, 0.25) is 5.82 Å². The van der Waals surface area contributed by atoms with E-state index in [1.165, 1.54) is 4.85 Å². The second-order valence-electron chi connectivity index (χ2n) is 1.86. The number of hydrogen-bond donors (Lipinski definition) is 0. The van der Waals surface area contributed by atoms with Crippen LogP contribution in [0.4, 0.5) is 0 Å². The Morgan fingerprint density at radius 2 is 2.60 bits per heavy atom. The zero-order valence-corrected chi connectivity index (χ0v) is 5.19. The van der Waals surface area contributed by atoms with Crippen LogP contribution in [0.5, 0.6) is 0 Å². The van der Waals surface area contributed by atoms with Crippen molar-refractivity contribution in [3.8, 4) is 11.4 Å². The largest absolute Gasteiger partial charge is 0.363 e. The first-order chi connectivity index (χ1) is 4.92. The second kappa shape index (κ2) is 1.70. The molecule has 10 heavy (non-hydrogen) atoms. The Morgan fingerprint density at radius 3 is 3.40 bits per heavy atom. The number of aromatic nitrogens is 2. The number of rotatable bonds is 1. The van der Waals surface area contributed by atoms with E-state index in [0.717, 1.165) is 5.56 Å². The Bertz CT molecular complexity index is 322. The molecule has 0 aromatic rings. The summed E-state index contributed by atoms with van der Waals surface area (Å²) in [5.74, 6) is 0.704. The van der Waals surface area contributed by atoms with Crippen molar-refractivity contribution in [3.05, 3.63) is 18.5 Å². The van der Waals surface area contributed by atoms with E-state index in [1.54, 1.807) is 12.5 Å². The molecule has 0 unspecified atom stereocenters. The Balaban J connectivity index is 2.71. The Labute approximate surface area is 57.1 Å². The summed E-state index contributed by atoms with van der Waals surface area (Å²) in [4.78, 5) is 5.26. The van der Waals surface area contributed by atoms with Gasteiger partial charge in [-0.05, 0) is 6.07 Å². The minimum absolute atomic E-state index is 0.704. The van der Waals surface area contributed by atoms with Crippen LogP contribution in [-0.2, 0) is 0 Å². The van der Waals surface area contributed by atoms with Gasteiger partial charge in [-0.1, -0.05) is 4.85 Å². The zero-order chi connectivity index (χ0) is 6.97. The molecule has 50 valence electrons. The molecule has 0 atom stereocenters. The Hall–Kier alpha value is -1.58. The van der Waals surface area contributed by atoms with Gasteiger partial charge in [0.15, 0.2) is 0 Å². The maximum absolute atomic E-state index is 4.93. The third kappa shape index (κ3) is 0.500. The van der Waals surface area contributed by atoms with Gasteiger partial charge in [-0.2, -0.15) is 5.10 Å². The lowest BCUT2D eigenvalue weighted by atomic mass is 10.4. The topological polar surface area (TPSA) is 43.3 Å². The summed E-state index contributed by atoms with van der Waals surface area (Å²) in [5, 5.41) is 3.57. The van der Waals surface area contributed by atoms with Gasteiger partial charge in [0.05, 0.1) is 5.56 Å². The molecule has 0 aromatic heterocycles. The summed E-state index contributed by atoms with van der Waals surface area (Å²) >= 11 is 0. The van der Waals surface area contributed by atoms with Crippen LogP contribution in [0.2, 0.25) is 0 Å². The summed E-state index contributed by atoms with van der Waals surface area (Å²) in [7, 11) is 0. The number of fused-ring (bicyclic) bond motifs is 1. The van der Waals surface area contributed by atoms with Gasteiger partial charge >= 0.3 is 0 Å². The van der Waals surface area contributed by atoms with Crippen molar-refractivity contribution >= 4 is 6.72 Å². The molecule has 2 rings (SSSR count). The van der Waals surface area contributed by atoms with E-state index in [0.29, 0.717) is 5.82 Å². The molecule has 2 aliphatic heterocycles. The molecule has 0 aliphatic carbocycles. The fourth-order valence-corrected chi connectivity index (χ4v) is 0.846. The third-order valence-electron chi connectivity index (χ3n) is 1.30. The molecule has 4 nitrogen and oxygen atoms in total. The van der Waals surface area contributed by atoms with E-state index in [1.807, 2.05) is 6.07 Å². The summed E-state index contributed by atoms with van der Waals surface area (Å²) in [6, 6.07) is 1.85. The lowest BCUT2D eigenvalue weighted by molar-refractivity contribution is 0.303. The molecule has 2 aliphatic rings. The molecule has 0 amide bonds. The first-order valence-electron chi connectivity index (χ1n) is 2.80. The maximum Gasteiger partial charge on any atom is 0.201 e. The van der Waals surface area contributed by atoms with Crippen LogP contribution in [0.3, 0.4) is 0 Å². The predicted molar refractivity (Wildman–Crippen MR) is 36.1 cm³/mol. The SMILES string of the molecule is C=Nn1occ2ccnc1-2. The number of nitrogens with zero attached hydrogens (tertiary/aromatic N) is 3. The summed E-state index contributed by atoms with van der Waals surface area (Å²) in [6.07, 6.45) is 3.28. The Kier molecular flexibility index (Phi) is 0.887. The van der Waals surface area contributed by atoms with E-state index in [-0.39, 0.29) is 0 Å². The van der Waals surface area contributed by atoms with Crippen LogP contribution in [-0.4, -0.2) is 16.6 Å². The normalized spacial score (nSPS) is 10.4. The molecule has 0 fully saturated rings. The fraction of sp³-hybridized carbons (Fsp3) is 0. The molecule has 0 saturated carbocycles. The molecule has 0 N–H and O–H groups in total. The summed E-state index contributed by atoms with van der Waals surface area (Å²) in [5.41, 5.74) is 0.937. The monoisotopic (exact) mass is 135 g/mol. The highest BCUT2D eigenvalue weighted by Gasteiger charge is 2.10. The Morgan fingerprint density at radius 1 is 1.70 bits per heavy atom. The van der Waals surface area contributed by atoms with Gasteiger partial charge in [-0.3, -0.25) is 0 Å². The molecule has 0 saturated heterocycles. The first-order valence-corrected chi connectivity index (χ1v) is 2.80. The molecule has 0 bridgehead atoms. The smallest absolute Gasteiger partial charge is 0.201 e. The van der Waals surface area contributed by atoms with Crippen molar-refractivity contribution in [2.45, 2.75) is 0 Å². The van der Waals surface area contributed by atoms with Crippen LogP contribution >= 0.6 is 0 Å². The van der Waals surface area contributed by atoms with Gasteiger partial charge in [0.25, 0.3) is 0 Å². The van der Waals surface area contributed by atoms with Crippen molar-refractivity contribution in [3.63, 3.8) is 0 Å². The van der Waals surface area contributed by atoms with Crippen molar-refractivity contribution in [1.82, 2.24) is 9.83 Å². The van der Waals surface area contributed by atoms with Gasteiger partial charge in [0.1, 0.15) is 6.26 Å². The van der Waals surface area contributed by atoms with E-state index >= 15 is 0 Å². The van der Waals surface area contributed by atoms with Crippen LogP contribution in [0.15, 0.2) is 28.2 Å². The third-order valence-corrected chi connectivity index (χ3v) is 1.30. The lowest BCUT2D eigenvalue weighted by Gasteiger charge is -1.87. The molecular formula is C6H5N3O. The average molecular weight is 135 g/mol. The first kappa shape index (κ1) is 5.22. The molecule has 4 heteroatoms. The quantitative estimate of drug-likeness (QED) is 0.548. The van der Waals surface area contributed by atoms with Crippen LogP contribution in [0, 0.1) is 0 Å². The minimum atomic E-state index is 0.704. The van der Waals surface area contributed by atoms with Crippen LogP contribution in [0.25, 0.3) is 11.4 Å². The van der Waals surface area contributed by atoms with Gasteiger partial charge in [0, 0.05) is 12.9 Å². The fourth-order valence-electron chi connectivity index (χ4n) is 0.846.